The first-order valence-corrected chi connectivity index (χ1v) is 18.7. The van der Waals surface area contributed by atoms with Gasteiger partial charge in [-0.05, 0) is 0 Å². The van der Waals surface area contributed by atoms with Crippen molar-refractivity contribution in [3.63, 3.8) is 0 Å². The quantitative estimate of drug-likeness (QED) is 0.408. The average molecular weight is 464 g/mol. The molecule has 0 amide bonds. The Morgan fingerprint density at radius 3 is 1.82 bits per heavy atom. The van der Waals surface area contributed by atoms with Crippen LogP contribution < -0.4 is 0 Å². The van der Waals surface area contributed by atoms with Crippen molar-refractivity contribution >= 4 is 5.43 Å². The van der Waals surface area contributed by atoms with Crippen LogP contribution in [0.25, 0.3) is 11.1 Å². The molecular formula is C26H32SiZr. The topological polar surface area (TPSA) is 0 Å². The van der Waals surface area contributed by atoms with Gasteiger partial charge in [0.1, 0.15) is 0 Å². The van der Waals surface area contributed by atoms with E-state index in [0.717, 1.165) is 11.1 Å². The molecule has 0 atom stereocenters. The van der Waals surface area contributed by atoms with E-state index in [4.69, 9.17) is 0 Å². The van der Waals surface area contributed by atoms with Gasteiger partial charge in [-0.3, -0.25) is 0 Å². The summed E-state index contributed by atoms with van der Waals surface area (Å²) < 4.78 is 2.57. The summed E-state index contributed by atoms with van der Waals surface area (Å²) in [7, 11) is 0. The number of hydrogen-bond acceptors (Lipinski definition) is 0. The van der Waals surface area contributed by atoms with Crippen molar-refractivity contribution in [2.24, 2.45) is 0 Å². The van der Waals surface area contributed by atoms with Gasteiger partial charge in [0.2, 0.25) is 0 Å². The van der Waals surface area contributed by atoms with Crippen molar-refractivity contribution in [2.75, 3.05) is 0 Å². The maximum atomic E-state index is 2.53. The first-order valence-electron chi connectivity index (χ1n) is 10.7. The third-order valence-corrected chi connectivity index (χ3v) is 31.7. The monoisotopic (exact) mass is 462 g/mol. The Bertz CT molecular complexity index is 959. The first-order chi connectivity index (χ1) is 13.4. The van der Waals surface area contributed by atoms with E-state index in [9.17, 15) is 0 Å². The Hall–Kier alpha value is -0.980. The van der Waals surface area contributed by atoms with E-state index in [2.05, 4.69) is 96.2 Å². The van der Waals surface area contributed by atoms with Crippen LogP contribution in [0.3, 0.4) is 0 Å². The summed E-state index contributed by atoms with van der Waals surface area (Å²) in [5.41, 5.74) is 10.5. The zero-order valence-corrected chi connectivity index (χ0v) is 21.6. The average Bonchev–Trinajstić information content (AvgIpc) is 3.24. The molecule has 0 fully saturated rings. The predicted octanol–water partition coefficient (Wildman–Crippen LogP) is 7.65. The standard InChI is InChI=1S/C15H13.C6H14Si.C5H5.Zr/c1-10-3-5-14-12(7-10)9-13-8-11(2)4-6-15(13)14;1-5(2)7-6(3)4;1-2-4-5-3-1;/h3-9H,1-2H3;5-6H,1-4H3;1-3H,4H2;. The Balaban J connectivity index is 2.06. The molecule has 0 nitrogen and oxygen atoms in total. The maximum absolute atomic E-state index is 2.53. The zero-order chi connectivity index (χ0) is 20.0. The van der Waals surface area contributed by atoms with Crippen LogP contribution in [-0.4, -0.2) is 5.43 Å². The third-order valence-electron chi connectivity index (χ3n) is 6.29. The fraction of sp³-hybridized carbons (Fsp3) is 0.385. The molecule has 0 unspecified atom stereocenters. The van der Waals surface area contributed by atoms with Crippen LogP contribution in [0.2, 0.25) is 11.1 Å². The second-order valence-corrected chi connectivity index (χ2v) is 24.8. The summed E-state index contributed by atoms with van der Waals surface area (Å²) in [6.45, 7) is 14.6. The van der Waals surface area contributed by atoms with Crippen molar-refractivity contribution in [3.05, 3.63) is 80.2 Å². The predicted molar refractivity (Wildman–Crippen MR) is 121 cm³/mol. The number of benzene rings is 2. The molecule has 0 spiro atoms. The summed E-state index contributed by atoms with van der Waals surface area (Å²) >= 11 is -1.95. The van der Waals surface area contributed by atoms with Crippen molar-refractivity contribution in [1.82, 2.24) is 0 Å². The van der Waals surface area contributed by atoms with E-state index in [-0.39, 0.29) is 0 Å². The first kappa shape index (κ1) is 20.3. The molecule has 0 bridgehead atoms. The van der Waals surface area contributed by atoms with Crippen LogP contribution >= 0.6 is 0 Å². The van der Waals surface area contributed by atoms with Gasteiger partial charge in [-0.15, -0.1) is 0 Å². The van der Waals surface area contributed by atoms with Gasteiger partial charge >= 0.3 is 180 Å². The summed E-state index contributed by atoms with van der Waals surface area (Å²) in [5, 5.41) is 0. The summed E-state index contributed by atoms with van der Waals surface area (Å²) in [6, 6.07) is 14.5. The molecule has 0 radical (unpaired) electrons. The number of fused-ring (bicyclic) bond motifs is 3. The van der Waals surface area contributed by atoms with Gasteiger partial charge in [-0.25, -0.2) is 0 Å². The van der Waals surface area contributed by atoms with Crippen LogP contribution in [0.1, 0.15) is 60.0 Å². The second kappa shape index (κ2) is 8.04. The second-order valence-electron chi connectivity index (χ2n) is 9.12. The van der Waals surface area contributed by atoms with E-state index in [1.54, 1.807) is 11.1 Å². The van der Waals surface area contributed by atoms with Crippen molar-refractivity contribution in [1.29, 1.82) is 0 Å². The molecule has 2 aromatic carbocycles. The molecule has 28 heavy (non-hydrogen) atoms. The van der Waals surface area contributed by atoms with Gasteiger partial charge in [0.05, 0.1) is 0 Å². The molecule has 0 N–H and O–H groups in total. The molecule has 4 rings (SSSR count). The molecule has 0 aromatic heterocycles. The molecule has 0 saturated heterocycles. The molecular weight excluding hydrogens is 432 g/mol. The van der Waals surface area contributed by atoms with Gasteiger partial charge in [-0.2, -0.15) is 0 Å². The van der Waals surface area contributed by atoms with Crippen LogP contribution in [-0.2, 0) is 20.4 Å². The number of rotatable bonds is 4. The fourth-order valence-electron chi connectivity index (χ4n) is 5.28. The van der Waals surface area contributed by atoms with Crippen LogP contribution in [0.4, 0.5) is 0 Å². The van der Waals surface area contributed by atoms with E-state index in [0.29, 0.717) is 3.63 Å². The summed E-state index contributed by atoms with van der Waals surface area (Å²) in [4.78, 5) is 0. The minimum absolute atomic E-state index is 0.403. The molecule has 2 heteroatoms. The Kier molecular flexibility index (Phi) is 5.83. The Morgan fingerprint density at radius 2 is 1.39 bits per heavy atom. The Morgan fingerprint density at radius 1 is 0.857 bits per heavy atom. The van der Waals surface area contributed by atoms with E-state index in [1.807, 2.05) is 3.28 Å². The van der Waals surface area contributed by atoms with E-state index >= 15 is 0 Å². The number of hydrogen-bond donors (Lipinski definition) is 0. The van der Waals surface area contributed by atoms with E-state index < -0.39 is 25.8 Å². The van der Waals surface area contributed by atoms with Crippen molar-refractivity contribution < 1.29 is 20.4 Å². The normalized spacial score (nSPS) is 15.2. The number of allylic oxidation sites excluding steroid dienone is 4. The molecule has 0 aliphatic heterocycles. The molecule has 2 aromatic rings. The van der Waals surface area contributed by atoms with Gasteiger partial charge in [0.25, 0.3) is 0 Å². The molecule has 2 aliphatic rings. The van der Waals surface area contributed by atoms with E-state index in [1.165, 1.54) is 28.7 Å². The molecule has 0 saturated carbocycles. The minimum atomic E-state index is -1.95. The molecule has 0 heterocycles. The number of aryl methyl sites for hydroxylation is 2. The van der Waals surface area contributed by atoms with Gasteiger partial charge in [-0.1, -0.05) is 0 Å². The Labute approximate surface area is 179 Å². The van der Waals surface area contributed by atoms with Crippen LogP contribution in [0, 0.1) is 13.8 Å². The van der Waals surface area contributed by atoms with Crippen molar-refractivity contribution in [2.45, 2.75) is 62.7 Å². The van der Waals surface area contributed by atoms with Crippen LogP contribution in [0.5, 0.6) is 0 Å². The third kappa shape index (κ3) is 3.52. The van der Waals surface area contributed by atoms with Crippen LogP contribution in [0.15, 0.2) is 57.9 Å². The summed E-state index contributed by atoms with van der Waals surface area (Å²) in [5.74, 6) is 0. The molecule has 2 aliphatic carbocycles. The van der Waals surface area contributed by atoms with Gasteiger partial charge < -0.3 is 0 Å². The summed E-state index contributed by atoms with van der Waals surface area (Å²) in [6.07, 6.45) is 8.48. The molecule has 144 valence electrons. The fourth-order valence-corrected chi connectivity index (χ4v) is 31.0. The van der Waals surface area contributed by atoms with Gasteiger partial charge in [0, 0.05) is 0 Å². The SMILES string of the molecule is Cc1ccc2c(c1)[CH]([Zr]([C]1=CC=CC1)=[Si](C(C)C)C(C)C)c1cc(C)ccc1-2. The zero-order valence-electron chi connectivity index (χ0n) is 18.1. The van der Waals surface area contributed by atoms with Gasteiger partial charge in [0.15, 0.2) is 0 Å². The van der Waals surface area contributed by atoms with Crippen molar-refractivity contribution in [3.8, 4) is 11.1 Å².